The first kappa shape index (κ1) is 36.3. The van der Waals surface area contributed by atoms with Gasteiger partial charge < -0.3 is 9.13 Å². The molecule has 0 amide bonds. The normalized spacial score (nSPS) is 10.8. The van der Waals surface area contributed by atoms with Crippen LogP contribution in [0.1, 0.15) is 85.1 Å². The lowest BCUT2D eigenvalue weighted by Gasteiger charge is -2.16. The first-order chi connectivity index (χ1) is 24.3. The Hall–Kier alpha value is -4.96. The van der Waals surface area contributed by atoms with Crippen LogP contribution >= 0.6 is 23.2 Å². The zero-order valence-electron chi connectivity index (χ0n) is 28.4. The molecule has 0 saturated carbocycles. The molecule has 6 rings (SSSR count). The highest BCUT2D eigenvalue weighted by Gasteiger charge is 2.18. The van der Waals surface area contributed by atoms with Crippen LogP contribution in [0, 0.1) is 11.3 Å². The van der Waals surface area contributed by atoms with Gasteiger partial charge in [-0.3, -0.25) is 9.59 Å². The second-order valence-electron chi connectivity index (χ2n) is 12.3. The molecule has 2 heterocycles. The van der Waals surface area contributed by atoms with Crippen molar-refractivity contribution in [3.63, 3.8) is 0 Å². The van der Waals surface area contributed by atoms with E-state index in [0.29, 0.717) is 51.0 Å². The average Bonchev–Trinajstić information content (AvgIpc) is 3.60. The number of fused-ring (bicyclic) bond motifs is 1. The Morgan fingerprint density at radius 2 is 1.46 bits per heavy atom. The number of aromatic nitrogens is 3. The summed E-state index contributed by atoms with van der Waals surface area (Å²) in [6.07, 6.45) is 11.7. The number of halogens is 2. The number of nitrogens with zero attached hydrogens (tertiary/aromatic N) is 4. The summed E-state index contributed by atoms with van der Waals surface area (Å²) in [5.41, 5.74) is 5.25. The number of carbonyl (C=O) groups is 1. The number of ketones is 1. The molecule has 0 saturated heterocycles. The van der Waals surface area contributed by atoms with Crippen LogP contribution in [0.5, 0.6) is 0 Å². The summed E-state index contributed by atoms with van der Waals surface area (Å²) in [7, 11) is 0. The van der Waals surface area contributed by atoms with Crippen LogP contribution in [-0.4, -0.2) is 19.9 Å². The fraction of sp³-hybridized carbons (Fsp3) is 0.238. The Kier molecular flexibility index (Phi) is 12.8. The molecule has 0 fully saturated rings. The fourth-order valence-electron chi connectivity index (χ4n) is 5.88. The zero-order valence-corrected chi connectivity index (χ0v) is 29.9. The third-order valence-corrected chi connectivity index (χ3v) is 9.09. The van der Waals surface area contributed by atoms with E-state index in [9.17, 15) is 9.59 Å². The molecular weight excluding hydrogens is 663 g/mol. The first-order valence-corrected chi connectivity index (χ1v) is 17.8. The minimum Gasteiger partial charge on any atom is -0.323 e. The second kappa shape index (κ2) is 17.6. The number of nitriles is 1. The van der Waals surface area contributed by atoms with Gasteiger partial charge in [0, 0.05) is 33.6 Å². The third kappa shape index (κ3) is 9.18. The summed E-state index contributed by atoms with van der Waals surface area (Å²) >= 11 is 12.3. The number of unbranched alkanes of at least 4 members (excludes halogenated alkanes) is 5. The maximum absolute atomic E-state index is 13.8. The van der Waals surface area contributed by atoms with Crippen molar-refractivity contribution >= 4 is 39.9 Å². The van der Waals surface area contributed by atoms with E-state index in [2.05, 4.69) is 24.9 Å². The van der Waals surface area contributed by atoms with Crippen LogP contribution in [0.25, 0.3) is 22.0 Å². The predicted octanol–water partition coefficient (Wildman–Crippen LogP) is 10.7. The van der Waals surface area contributed by atoms with E-state index in [4.69, 9.17) is 28.5 Å². The molecular formula is C42H40Cl2N4O2. The summed E-state index contributed by atoms with van der Waals surface area (Å²) < 4.78 is 3.48. The fourth-order valence-corrected chi connectivity index (χ4v) is 6.19. The molecule has 6 nitrogen and oxygen atoms in total. The van der Waals surface area contributed by atoms with Crippen molar-refractivity contribution in [1.82, 2.24) is 14.1 Å². The smallest absolute Gasteiger partial charge is 0.251 e. The van der Waals surface area contributed by atoms with E-state index in [-0.39, 0.29) is 11.3 Å². The summed E-state index contributed by atoms with van der Waals surface area (Å²) in [4.78, 5) is 31.5. The number of pyridine rings is 1. The highest BCUT2D eigenvalue weighted by molar-refractivity contribution is 6.31. The van der Waals surface area contributed by atoms with Crippen LogP contribution in [0.3, 0.4) is 0 Å². The van der Waals surface area contributed by atoms with Gasteiger partial charge in [-0.2, -0.15) is 5.26 Å². The molecule has 2 aromatic heterocycles. The van der Waals surface area contributed by atoms with Crippen molar-refractivity contribution < 1.29 is 4.79 Å². The monoisotopic (exact) mass is 702 g/mol. The number of rotatable bonds is 12. The van der Waals surface area contributed by atoms with Crippen LogP contribution in [0.2, 0.25) is 10.0 Å². The average molecular weight is 704 g/mol. The Bertz CT molecular complexity index is 2150. The van der Waals surface area contributed by atoms with Gasteiger partial charge in [0.25, 0.3) is 5.56 Å². The van der Waals surface area contributed by atoms with E-state index in [1.807, 2.05) is 60.7 Å². The van der Waals surface area contributed by atoms with E-state index < -0.39 is 0 Å². The maximum atomic E-state index is 13.8. The first-order valence-electron chi connectivity index (χ1n) is 17.0. The molecule has 0 radical (unpaired) electrons. The summed E-state index contributed by atoms with van der Waals surface area (Å²) in [5, 5.41) is 11.1. The van der Waals surface area contributed by atoms with Crippen molar-refractivity contribution in [1.29, 1.82) is 5.26 Å². The van der Waals surface area contributed by atoms with Gasteiger partial charge in [0.15, 0.2) is 0 Å². The standard InChI is InChI=1S/C34H22Cl2N4O2.C8H18/c35-27-11-8-23(9-12-27)19-39-21-38-18-32(39)34(42)26-10-13-31-30(15-26)29(25-2-1-3-28(36)14-25)16-33(41)40(31)20-24-6-4-22(17-37)5-7-24;1-3-5-7-8-6-4-2/h1-16,18,21H,19-20H2;3-8H2,1-2H3. The topological polar surface area (TPSA) is 80.7 Å². The van der Waals surface area contributed by atoms with Crippen molar-refractivity contribution in [3.05, 3.63) is 158 Å². The largest absolute Gasteiger partial charge is 0.323 e. The van der Waals surface area contributed by atoms with Crippen LogP contribution < -0.4 is 5.56 Å². The highest BCUT2D eigenvalue weighted by atomic mass is 35.5. The van der Waals surface area contributed by atoms with Crippen LogP contribution in [-0.2, 0) is 13.1 Å². The van der Waals surface area contributed by atoms with Crippen molar-refractivity contribution in [2.24, 2.45) is 0 Å². The van der Waals surface area contributed by atoms with E-state index in [1.165, 1.54) is 38.5 Å². The number of benzene rings is 4. The Morgan fingerprint density at radius 1 is 0.780 bits per heavy atom. The maximum Gasteiger partial charge on any atom is 0.251 e. The highest BCUT2D eigenvalue weighted by Crippen LogP contribution is 2.31. The minimum absolute atomic E-state index is 0.190. The molecule has 0 N–H and O–H groups in total. The lowest BCUT2D eigenvalue weighted by Crippen LogP contribution is -2.21. The Labute approximate surface area is 303 Å². The molecule has 6 aromatic rings. The van der Waals surface area contributed by atoms with Gasteiger partial charge in [-0.05, 0) is 76.9 Å². The van der Waals surface area contributed by atoms with Crippen molar-refractivity contribution in [2.75, 3.05) is 0 Å². The number of imidazole rings is 1. The van der Waals surface area contributed by atoms with E-state index >= 15 is 0 Å². The number of hydrogen-bond acceptors (Lipinski definition) is 4. The zero-order chi connectivity index (χ0) is 35.5. The van der Waals surface area contributed by atoms with Gasteiger partial charge in [0.2, 0.25) is 5.78 Å². The molecule has 4 aromatic carbocycles. The number of carbonyl (C=O) groups excluding carboxylic acids is 1. The number of hydrogen-bond donors (Lipinski definition) is 0. The van der Waals surface area contributed by atoms with Crippen LogP contribution in [0.4, 0.5) is 0 Å². The van der Waals surface area contributed by atoms with Gasteiger partial charge in [-0.1, -0.05) is 112 Å². The molecule has 254 valence electrons. The molecule has 8 heteroatoms. The van der Waals surface area contributed by atoms with E-state index in [0.717, 1.165) is 22.1 Å². The van der Waals surface area contributed by atoms with Gasteiger partial charge >= 0.3 is 0 Å². The van der Waals surface area contributed by atoms with Gasteiger partial charge in [0.05, 0.1) is 36.2 Å². The van der Waals surface area contributed by atoms with Gasteiger partial charge in [0.1, 0.15) is 5.69 Å². The van der Waals surface area contributed by atoms with E-state index in [1.54, 1.807) is 58.1 Å². The SMILES string of the molecule is CCCCCCCC.N#Cc1ccc(Cn2c(=O)cc(-c3cccc(Cl)c3)c3cc(C(=O)c4cncn4Cc4ccc(Cl)cc4)ccc32)cc1. The summed E-state index contributed by atoms with van der Waals surface area (Å²) in [6, 6.07) is 30.9. The minimum atomic E-state index is -0.193. The molecule has 0 spiro atoms. The summed E-state index contributed by atoms with van der Waals surface area (Å²) in [5.74, 6) is -0.190. The Morgan fingerprint density at radius 3 is 2.12 bits per heavy atom. The Balaban J connectivity index is 0.000000544. The lowest BCUT2D eigenvalue weighted by atomic mass is 9.97. The predicted molar refractivity (Wildman–Crippen MR) is 204 cm³/mol. The third-order valence-electron chi connectivity index (χ3n) is 8.60. The molecule has 50 heavy (non-hydrogen) atoms. The molecule has 0 aliphatic rings. The molecule has 0 aliphatic heterocycles. The van der Waals surface area contributed by atoms with Crippen LogP contribution in [0.15, 0.2) is 114 Å². The van der Waals surface area contributed by atoms with Gasteiger partial charge in [-0.25, -0.2) is 4.98 Å². The van der Waals surface area contributed by atoms with Crippen molar-refractivity contribution in [2.45, 2.75) is 65.5 Å². The molecule has 0 atom stereocenters. The molecule has 0 bridgehead atoms. The quantitative estimate of drug-likeness (QED) is 0.0939. The second-order valence-corrected chi connectivity index (χ2v) is 13.2. The summed E-state index contributed by atoms with van der Waals surface area (Å²) in [6.45, 7) is 5.28. The lowest BCUT2D eigenvalue weighted by molar-refractivity contribution is 0.103. The molecule has 0 aliphatic carbocycles. The van der Waals surface area contributed by atoms with Gasteiger partial charge in [-0.15, -0.1) is 0 Å². The van der Waals surface area contributed by atoms with Crippen molar-refractivity contribution in [3.8, 4) is 17.2 Å². The molecule has 0 unspecified atom stereocenters.